The Morgan fingerprint density at radius 1 is 1.48 bits per heavy atom. The van der Waals surface area contributed by atoms with Crippen LogP contribution >= 0.6 is 0 Å². The summed E-state index contributed by atoms with van der Waals surface area (Å²) in [5, 5.41) is 2.87. The van der Waals surface area contributed by atoms with Crippen LogP contribution in [0.4, 0.5) is 14.9 Å². The van der Waals surface area contributed by atoms with Gasteiger partial charge in [-0.25, -0.2) is 9.18 Å². The van der Waals surface area contributed by atoms with Crippen molar-refractivity contribution in [2.24, 2.45) is 5.92 Å². The second-order valence-electron chi connectivity index (χ2n) is 6.03. The molecule has 1 N–H and O–H groups in total. The monoisotopic (exact) mass is 293 g/mol. The second-order valence-corrected chi connectivity index (χ2v) is 6.03. The van der Waals surface area contributed by atoms with Gasteiger partial charge < -0.3 is 15.1 Å². The Bertz CT molecular complexity index is 504. The van der Waals surface area contributed by atoms with Gasteiger partial charge in [-0.05, 0) is 36.5 Å². The number of rotatable bonds is 3. The first-order chi connectivity index (χ1) is 9.97. The molecule has 1 fully saturated rings. The first-order valence-electron chi connectivity index (χ1n) is 7.46. The molecule has 0 aromatic heterocycles. The van der Waals surface area contributed by atoms with Crippen molar-refractivity contribution in [1.29, 1.82) is 0 Å². The number of amides is 2. The third kappa shape index (κ3) is 4.09. The van der Waals surface area contributed by atoms with Crippen LogP contribution in [0.15, 0.2) is 18.2 Å². The van der Waals surface area contributed by atoms with E-state index in [0.717, 1.165) is 25.1 Å². The summed E-state index contributed by atoms with van der Waals surface area (Å²) in [5.74, 6) is 0.291. The maximum Gasteiger partial charge on any atom is 0.317 e. The van der Waals surface area contributed by atoms with Crippen molar-refractivity contribution >= 4 is 11.7 Å². The quantitative estimate of drug-likeness (QED) is 0.930. The maximum atomic E-state index is 13.9. The van der Waals surface area contributed by atoms with Crippen LogP contribution in [0.5, 0.6) is 0 Å². The molecular formula is C16H24FN3O. The number of likely N-dealkylation sites (tertiary alicyclic amines) is 1. The lowest BCUT2D eigenvalue weighted by Crippen LogP contribution is -2.44. The van der Waals surface area contributed by atoms with E-state index in [0.29, 0.717) is 18.2 Å². The topological polar surface area (TPSA) is 35.6 Å². The van der Waals surface area contributed by atoms with E-state index in [1.54, 1.807) is 25.1 Å². The standard InChI is InChI=1S/C16H24FN3O/c1-12-5-4-8-20(11-12)16(21)18-10-13-6-7-15(19(2)3)14(17)9-13/h6-7,9,12H,4-5,8,10-11H2,1-3H3,(H,18,21). The largest absolute Gasteiger partial charge is 0.375 e. The highest BCUT2D eigenvalue weighted by atomic mass is 19.1. The molecule has 0 aliphatic carbocycles. The molecule has 1 atom stereocenters. The molecule has 116 valence electrons. The van der Waals surface area contributed by atoms with Gasteiger partial charge in [0.15, 0.2) is 0 Å². The number of halogens is 1. The van der Waals surface area contributed by atoms with Gasteiger partial charge in [0, 0.05) is 33.7 Å². The zero-order valence-corrected chi connectivity index (χ0v) is 13.0. The highest BCUT2D eigenvalue weighted by molar-refractivity contribution is 5.74. The average Bonchev–Trinajstić information content (AvgIpc) is 2.44. The van der Waals surface area contributed by atoms with Crippen LogP contribution in [0.3, 0.4) is 0 Å². The molecule has 21 heavy (non-hydrogen) atoms. The Morgan fingerprint density at radius 2 is 2.24 bits per heavy atom. The molecule has 5 heteroatoms. The summed E-state index contributed by atoms with van der Waals surface area (Å²) in [6.45, 7) is 4.13. The molecule has 0 bridgehead atoms. The minimum Gasteiger partial charge on any atom is -0.375 e. The number of nitrogens with one attached hydrogen (secondary N) is 1. The number of piperidine rings is 1. The number of carbonyl (C=O) groups excluding carboxylic acids is 1. The van der Waals surface area contributed by atoms with E-state index in [-0.39, 0.29) is 11.8 Å². The summed E-state index contributed by atoms with van der Waals surface area (Å²) < 4.78 is 13.9. The van der Waals surface area contributed by atoms with E-state index in [1.807, 2.05) is 11.0 Å². The molecule has 2 rings (SSSR count). The van der Waals surface area contributed by atoms with Crippen molar-refractivity contribution < 1.29 is 9.18 Å². The Kier molecular flexibility index (Phi) is 5.04. The van der Waals surface area contributed by atoms with Gasteiger partial charge in [-0.3, -0.25) is 0 Å². The summed E-state index contributed by atoms with van der Waals surface area (Å²) in [4.78, 5) is 15.7. The lowest BCUT2D eigenvalue weighted by atomic mass is 10.0. The minimum atomic E-state index is -0.265. The first-order valence-corrected chi connectivity index (χ1v) is 7.46. The third-order valence-corrected chi connectivity index (χ3v) is 3.88. The molecule has 1 aliphatic rings. The molecule has 1 saturated heterocycles. The molecular weight excluding hydrogens is 269 g/mol. The summed E-state index contributed by atoms with van der Waals surface area (Å²) >= 11 is 0. The Balaban J connectivity index is 1.90. The number of anilines is 1. The van der Waals surface area contributed by atoms with Gasteiger partial charge in [-0.15, -0.1) is 0 Å². The zero-order valence-electron chi connectivity index (χ0n) is 13.0. The predicted octanol–water partition coefficient (Wildman–Crippen LogP) is 2.83. The molecule has 1 aromatic rings. The molecule has 1 heterocycles. The van der Waals surface area contributed by atoms with Gasteiger partial charge in [0.1, 0.15) is 5.82 Å². The summed E-state index contributed by atoms with van der Waals surface area (Å²) in [5.41, 5.74) is 1.33. The molecule has 0 saturated carbocycles. The molecule has 1 aromatic carbocycles. The molecule has 0 spiro atoms. The Hall–Kier alpha value is -1.78. The van der Waals surface area contributed by atoms with Crippen molar-refractivity contribution in [2.45, 2.75) is 26.3 Å². The van der Waals surface area contributed by atoms with Crippen LogP contribution in [-0.2, 0) is 6.54 Å². The van der Waals surface area contributed by atoms with E-state index in [2.05, 4.69) is 12.2 Å². The van der Waals surface area contributed by atoms with Gasteiger partial charge in [0.2, 0.25) is 0 Å². The van der Waals surface area contributed by atoms with Crippen LogP contribution in [0.1, 0.15) is 25.3 Å². The van der Waals surface area contributed by atoms with Crippen LogP contribution in [0.25, 0.3) is 0 Å². The highest BCUT2D eigenvalue weighted by Crippen LogP contribution is 2.18. The number of benzene rings is 1. The molecule has 4 nitrogen and oxygen atoms in total. The molecule has 2 amide bonds. The van der Waals surface area contributed by atoms with Crippen molar-refractivity contribution in [2.75, 3.05) is 32.1 Å². The van der Waals surface area contributed by atoms with Crippen molar-refractivity contribution in [3.8, 4) is 0 Å². The van der Waals surface area contributed by atoms with Gasteiger partial charge in [0.05, 0.1) is 5.69 Å². The average molecular weight is 293 g/mol. The van der Waals surface area contributed by atoms with E-state index < -0.39 is 0 Å². The lowest BCUT2D eigenvalue weighted by Gasteiger charge is -2.31. The summed E-state index contributed by atoms with van der Waals surface area (Å²) in [6.07, 6.45) is 2.24. The van der Waals surface area contributed by atoms with Crippen molar-refractivity contribution in [1.82, 2.24) is 10.2 Å². The smallest absolute Gasteiger partial charge is 0.317 e. The van der Waals surface area contributed by atoms with Crippen LogP contribution in [0.2, 0.25) is 0 Å². The van der Waals surface area contributed by atoms with E-state index in [4.69, 9.17) is 0 Å². The first kappa shape index (κ1) is 15.6. The number of hydrogen-bond donors (Lipinski definition) is 1. The lowest BCUT2D eigenvalue weighted by molar-refractivity contribution is 0.169. The molecule has 0 radical (unpaired) electrons. The number of nitrogens with zero attached hydrogens (tertiary/aromatic N) is 2. The number of carbonyl (C=O) groups is 1. The van der Waals surface area contributed by atoms with Crippen molar-refractivity contribution in [3.05, 3.63) is 29.6 Å². The van der Waals surface area contributed by atoms with E-state index >= 15 is 0 Å². The zero-order chi connectivity index (χ0) is 15.4. The summed E-state index contributed by atoms with van der Waals surface area (Å²) in [6, 6.07) is 5.00. The number of urea groups is 1. The number of hydrogen-bond acceptors (Lipinski definition) is 2. The Morgan fingerprint density at radius 3 is 2.86 bits per heavy atom. The highest BCUT2D eigenvalue weighted by Gasteiger charge is 2.20. The maximum absolute atomic E-state index is 13.9. The fourth-order valence-corrected chi connectivity index (χ4v) is 2.69. The fourth-order valence-electron chi connectivity index (χ4n) is 2.69. The Labute approximate surface area is 125 Å². The van der Waals surface area contributed by atoms with Gasteiger partial charge in [-0.2, -0.15) is 0 Å². The van der Waals surface area contributed by atoms with E-state index in [1.165, 1.54) is 12.5 Å². The van der Waals surface area contributed by atoms with Crippen molar-refractivity contribution in [3.63, 3.8) is 0 Å². The second kappa shape index (κ2) is 6.78. The van der Waals surface area contributed by atoms with Gasteiger partial charge >= 0.3 is 6.03 Å². The SMILES string of the molecule is CC1CCCN(C(=O)NCc2ccc(N(C)C)c(F)c2)C1. The normalized spacial score (nSPS) is 18.5. The van der Waals surface area contributed by atoms with Crippen LogP contribution in [0, 0.1) is 11.7 Å². The minimum absolute atomic E-state index is 0.0568. The van der Waals surface area contributed by atoms with E-state index in [9.17, 15) is 9.18 Å². The molecule has 1 aliphatic heterocycles. The van der Waals surface area contributed by atoms with Crippen LogP contribution < -0.4 is 10.2 Å². The third-order valence-electron chi connectivity index (χ3n) is 3.88. The fraction of sp³-hybridized carbons (Fsp3) is 0.562. The van der Waals surface area contributed by atoms with Crippen LogP contribution in [-0.4, -0.2) is 38.1 Å². The predicted molar refractivity (Wildman–Crippen MR) is 82.9 cm³/mol. The van der Waals surface area contributed by atoms with Gasteiger partial charge in [0.25, 0.3) is 0 Å². The summed E-state index contributed by atoms with van der Waals surface area (Å²) in [7, 11) is 3.61. The van der Waals surface area contributed by atoms with Gasteiger partial charge in [-0.1, -0.05) is 13.0 Å². The molecule has 1 unspecified atom stereocenters.